The molecule has 1 aromatic rings. The second-order valence-electron chi connectivity index (χ2n) is 7.69. The Hall–Kier alpha value is -0.790. The van der Waals surface area contributed by atoms with Crippen molar-refractivity contribution in [3.05, 3.63) is 18.2 Å². The molecular formula is C23H45N2+. The molecule has 146 valence electrons. The number of hydrogen-bond donors (Lipinski definition) is 0. The van der Waals surface area contributed by atoms with Crippen molar-refractivity contribution >= 4 is 0 Å². The number of unbranched alkanes of at least 4 members (excludes halogenated alkanes) is 12. The zero-order valence-electron chi connectivity index (χ0n) is 17.6. The van der Waals surface area contributed by atoms with Crippen LogP contribution in [-0.2, 0) is 19.5 Å². The molecule has 2 heteroatoms. The Balaban J connectivity index is 2.23. The molecule has 0 radical (unpaired) electrons. The van der Waals surface area contributed by atoms with E-state index < -0.39 is 0 Å². The molecular weight excluding hydrogens is 304 g/mol. The highest BCUT2D eigenvalue weighted by Crippen LogP contribution is 2.11. The van der Waals surface area contributed by atoms with Crippen molar-refractivity contribution in [2.75, 3.05) is 0 Å². The third-order valence-corrected chi connectivity index (χ3v) is 5.44. The van der Waals surface area contributed by atoms with Crippen LogP contribution in [-0.4, -0.2) is 4.57 Å². The van der Waals surface area contributed by atoms with Gasteiger partial charge in [0, 0.05) is 6.42 Å². The van der Waals surface area contributed by atoms with Gasteiger partial charge in [-0.3, -0.25) is 0 Å². The highest BCUT2D eigenvalue weighted by atomic mass is 15.1. The van der Waals surface area contributed by atoms with E-state index in [1.807, 2.05) is 0 Å². The van der Waals surface area contributed by atoms with Gasteiger partial charge in [-0.05, 0) is 26.2 Å². The van der Waals surface area contributed by atoms with Crippen LogP contribution in [0.2, 0.25) is 0 Å². The number of aromatic nitrogens is 2. The number of imidazole rings is 1. The van der Waals surface area contributed by atoms with E-state index >= 15 is 0 Å². The molecule has 0 bridgehead atoms. The molecule has 0 N–H and O–H groups in total. The normalized spacial score (nSPS) is 11.3. The van der Waals surface area contributed by atoms with E-state index in [9.17, 15) is 0 Å². The average molecular weight is 350 g/mol. The van der Waals surface area contributed by atoms with E-state index in [4.69, 9.17) is 0 Å². The SMILES string of the molecule is CCCCCCCCCCc1n(CC)cc[n+]1CCCCCCCC. The average Bonchev–Trinajstić information content (AvgIpc) is 3.02. The van der Waals surface area contributed by atoms with Crippen LogP contribution < -0.4 is 4.57 Å². The summed E-state index contributed by atoms with van der Waals surface area (Å²) in [6.45, 7) is 9.18. The van der Waals surface area contributed by atoms with Crippen molar-refractivity contribution in [1.82, 2.24) is 4.57 Å². The highest BCUT2D eigenvalue weighted by Gasteiger charge is 2.15. The van der Waals surface area contributed by atoms with Crippen molar-refractivity contribution < 1.29 is 4.57 Å². The molecule has 0 saturated heterocycles. The minimum absolute atomic E-state index is 1.11. The maximum Gasteiger partial charge on any atom is 0.256 e. The minimum Gasteiger partial charge on any atom is -0.235 e. The molecule has 0 aliphatic carbocycles. The summed E-state index contributed by atoms with van der Waals surface area (Å²) in [5.41, 5.74) is 0. The van der Waals surface area contributed by atoms with Crippen LogP contribution in [0.4, 0.5) is 0 Å². The second kappa shape index (κ2) is 15.5. The van der Waals surface area contributed by atoms with E-state index in [-0.39, 0.29) is 0 Å². The van der Waals surface area contributed by atoms with Gasteiger partial charge in [0.15, 0.2) is 0 Å². The van der Waals surface area contributed by atoms with Crippen molar-refractivity contribution in [3.63, 3.8) is 0 Å². The Morgan fingerprint density at radius 2 is 1.20 bits per heavy atom. The van der Waals surface area contributed by atoms with Crippen LogP contribution in [0.15, 0.2) is 12.4 Å². The van der Waals surface area contributed by atoms with Crippen molar-refractivity contribution in [2.45, 2.75) is 130 Å². The van der Waals surface area contributed by atoms with Gasteiger partial charge in [-0.15, -0.1) is 0 Å². The topological polar surface area (TPSA) is 8.81 Å². The molecule has 1 heterocycles. The van der Waals surface area contributed by atoms with Crippen LogP contribution in [0.5, 0.6) is 0 Å². The Morgan fingerprint density at radius 1 is 0.680 bits per heavy atom. The fourth-order valence-corrected chi connectivity index (χ4v) is 3.76. The predicted octanol–water partition coefficient (Wildman–Crippen LogP) is 6.84. The van der Waals surface area contributed by atoms with Gasteiger partial charge in [-0.2, -0.15) is 0 Å². The molecule has 1 rings (SSSR count). The Labute approximate surface area is 158 Å². The van der Waals surface area contributed by atoms with Crippen molar-refractivity contribution in [2.24, 2.45) is 0 Å². The number of rotatable bonds is 17. The minimum atomic E-state index is 1.11. The number of nitrogens with zero attached hydrogens (tertiary/aromatic N) is 2. The molecule has 0 aromatic carbocycles. The van der Waals surface area contributed by atoms with Gasteiger partial charge in [0.1, 0.15) is 12.4 Å². The van der Waals surface area contributed by atoms with Crippen LogP contribution in [0, 0.1) is 0 Å². The summed E-state index contributed by atoms with van der Waals surface area (Å²) in [6, 6.07) is 0. The maximum absolute atomic E-state index is 2.53. The third kappa shape index (κ3) is 10.1. The van der Waals surface area contributed by atoms with E-state index in [1.54, 1.807) is 5.82 Å². The van der Waals surface area contributed by atoms with Crippen molar-refractivity contribution in [1.29, 1.82) is 0 Å². The largest absolute Gasteiger partial charge is 0.256 e. The van der Waals surface area contributed by atoms with E-state index in [1.165, 1.54) is 103 Å². The first-order valence-electron chi connectivity index (χ1n) is 11.4. The lowest BCUT2D eigenvalue weighted by Gasteiger charge is -2.05. The molecule has 2 nitrogen and oxygen atoms in total. The summed E-state index contributed by atoms with van der Waals surface area (Å²) >= 11 is 0. The van der Waals surface area contributed by atoms with Crippen LogP contribution in [0.1, 0.15) is 116 Å². The quantitative estimate of drug-likeness (QED) is 0.215. The smallest absolute Gasteiger partial charge is 0.235 e. The van der Waals surface area contributed by atoms with E-state index in [0.717, 1.165) is 6.54 Å². The van der Waals surface area contributed by atoms with Gasteiger partial charge in [0.05, 0.1) is 13.1 Å². The number of hydrogen-bond acceptors (Lipinski definition) is 0. The van der Waals surface area contributed by atoms with Gasteiger partial charge in [0.2, 0.25) is 0 Å². The van der Waals surface area contributed by atoms with Gasteiger partial charge >= 0.3 is 0 Å². The summed E-state index contributed by atoms with van der Waals surface area (Å²) in [4.78, 5) is 0. The predicted molar refractivity (Wildman–Crippen MR) is 110 cm³/mol. The lowest BCUT2D eigenvalue weighted by atomic mass is 10.1. The first-order chi connectivity index (χ1) is 12.3. The third-order valence-electron chi connectivity index (χ3n) is 5.44. The Morgan fingerprint density at radius 3 is 1.76 bits per heavy atom. The highest BCUT2D eigenvalue weighted by molar-refractivity contribution is 4.83. The van der Waals surface area contributed by atoms with E-state index in [2.05, 4.69) is 42.3 Å². The monoisotopic (exact) mass is 349 g/mol. The Bertz CT molecular complexity index is 408. The summed E-state index contributed by atoms with van der Waals surface area (Å²) in [6.07, 6.45) is 25.4. The number of aryl methyl sites for hydroxylation is 2. The standard InChI is InChI=1S/C23H45N2/c1-4-7-9-11-13-14-15-17-19-23-24(6-3)21-22-25(23)20-18-16-12-10-8-5-2/h21-22H,4-20H2,1-3H3/q+1. The zero-order chi connectivity index (χ0) is 18.2. The molecule has 0 atom stereocenters. The van der Waals surface area contributed by atoms with Gasteiger partial charge in [-0.1, -0.05) is 84.5 Å². The molecule has 0 amide bonds. The zero-order valence-corrected chi connectivity index (χ0v) is 17.6. The first-order valence-corrected chi connectivity index (χ1v) is 11.4. The fourth-order valence-electron chi connectivity index (χ4n) is 3.76. The van der Waals surface area contributed by atoms with E-state index in [0.29, 0.717) is 0 Å². The summed E-state index contributed by atoms with van der Waals surface area (Å²) in [5.74, 6) is 1.56. The fraction of sp³-hybridized carbons (Fsp3) is 0.870. The molecule has 0 aliphatic rings. The molecule has 1 aromatic heterocycles. The molecule has 0 unspecified atom stereocenters. The summed E-state index contributed by atoms with van der Waals surface area (Å²) < 4.78 is 4.99. The van der Waals surface area contributed by atoms with Crippen LogP contribution in [0.25, 0.3) is 0 Å². The summed E-state index contributed by atoms with van der Waals surface area (Å²) in [5, 5.41) is 0. The maximum atomic E-state index is 2.53. The Kier molecular flexibility index (Phi) is 13.8. The molecule has 0 aliphatic heterocycles. The lowest BCUT2D eigenvalue weighted by molar-refractivity contribution is -0.704. The first kappa shape index (κ1) is 22.3. The molecule has 0 fully saturated rings. The molecule has 25 heavy (non-hydrogen) atoms. The lowest BCUT2D eigenvalue weighted by Crippen LogP contribution is -2.37. The van der Waals surface area contributed by atoms with Gasteiger partial charge in [-0.25, -0.2) is 9.13 Å². The summed E-state index contributed by atoms with van der Waals surface area (Å²) in [7, 11) is 0. The van der Waals surface area contributed by atoms with Crippen LogP contribution in [0.3, 0.4) is 0 Å². The van der Waals surface area contributed by atoms with Crippen molar-refractivity contribution in [3.8, 4) is 0 Å². The van der Waals surface area contributed by atoms with Crippen LogP contribution >= 0.6 is 0 Å². The second-order valence-corrected chi connectivity index (χ2v) is 7.69. The molecule has 0 spiro atoms. The molecule has 0 saturated carbocycles. The van der Waals surface area contributed by atoms with Gasteiger partial charge < -0.3 is 0 Å². The van der Waals surface area contributed by atoms with Gasteiger partial charge in [0.25, 0.3) is 5.82 Å².